The Morgan fingerprint density at radius 2 is 0.885 bits per heavy atom. The number of hydrogen-bond donors (Lipinski definition) is 0. The van der Waals surface area contributed by atoms with Crippen LogP contribution in [0.3, 0.4) is 0 Å². The van der Waals surface area contributed by atoms with Gasteiger partial charge in [0.2, 0.25) is 0 Å². The van der Waals surface area contributed by atoms with Crippen molar-refractivity contribution >= 4 is 43.7 Å². The molecule has 0 bridgehead atoms. The fourth-order valence-corrected chi connectivity index (χ4v) is 2.64. The number of rotatable bonds is 16. The van der Waals surface area contributed by atoms with E-state index in [9.17, 15) is 9.90 Å². The van der Waals surface area contributed by atoms with Crippen LogP contribution in [0.1, 0.15) is 110 Å². The number of carbonyl (C=O) groups is 1. The van der Waals surface area contributed by atoms with Gasteiger partial charge in [-0.2, -0.15) is 0 Å². The Balaban J connectivity index is -0.000000772. The second kappa shape index (κ2) is 23.3. The molecule has 156 valence electrons. The predicted molar refractivity (Wildman–Crippen MR) is 101 cm³/mol. The molecular formula is C18H35O6PbS-3. The molecule has 0 saturated heterocycles. The molecule has 0 saturated carbocycles. The van der Waals surface area contributed by atoms with E-state index < -0.39 is 16.4 Å². The Bertz CT molecular complexity index is 379. The molecule has 0 atom stereocenters. The third-order valence-electron chi connectivity index (χ3n) is 3.98. The van der Waals surface area contributed by atoms with Crippen molar-refractivity contribution in [2.45, 2.75) is 110 Å². The standard InChI is InChI=1S/C18H36O2.H2O4S.Pb/c1-2-3-4-5-6-7-8-9-10-11-12-13-14-15-16-17-18(19)20;1-5(2,3)4;/h2-17H2,1H3,(H,19,20);(H2,1,2,3,4);/p-3. The number of carboxylic acid groups (broad SMARTS) is 1. The monoisotopic (exact) mass is 587 g/mol. The molecule has 8 heteroatoms. The Kier molecular flexibility index (Phi) is 27.8. The maximum absolute atomic E-state index is 10.2. The molecule has 0 rings (SSSR count). The molecule has 0 aromatic carbocycles. The zero-order valence-corrected chi connectivity index (χ0v) is 20.9. The predicted octanol–water partition coefficient (Wildman–Crippen LogP) is 3.28. The first-order valence-corrected chi connectivity index (χ1v) is 11.0. The van der Waals surface area contributed by atoms with E-state index in [1.165, 1.54) is 83.5 Å². The molecule has 0 aromatic heterocycles. The van der Waals surface area contributed by atoms with Gasteiger partial charge in [0.15, 0.2) is 0 Å². The number of carbonyl (C=O) groups excluding carboxylic acids is 1. The SMILES string of the molecule is CCCCCCCCCCCCCCCCCC(=O)[O-].O=S(=O)([O-])[O-].[Pb]. The normalized spacial score (nSPS) is 10.6. The van der Waals surface area contributed by atoms with Crippen molar-refractivity contribution in [3.8, 4) is 0 Å². The molecule has 6 nitrogen and oxygen atoms in total. The molecule has 0 spiro atoms. The summed E-state index contributed by atoms with van der Waals surface area (Å²) >= 11 is 0. The summed E-state index contributed by atoms with van der Waals surface area (Å²) in [5, 5.41) is 10.2. The quantitative estimate of drug-likeness (QED) is 0.119. The third-order valence-corrected chi connectivity index (χ3v) is 3.98. The van der Waals surface area contributed by atoms with Crippen LogP contribution in [0.15, 0.2) is 0 Å². The Morgan fingerprint density at radius 3 is 1.12 bits per heavy atom. The minimum absolute atomic E-state index is 0. The number of hydrogen-bond acceptors (Lipinski definition) is 6. The largest absolute Gasteiger partial charge is 0.759 e. The average molecular weight is 587 g/mol. The van der Waals surface area contributed by atoms with E-state index in [-0.39, 0.29) is 33.7 Å². The van der Waals surface area contributed by atoms with Gasteiger partial charge in [-0.3, -0.25) is 8.42 Å². The summed E-state index contributed by atoms with van der Waals surface area (Å²) in [4.78, 5) is 10.2. The van der Waals surface area contributed by atoms with Gasteiger partial charge in [-0.25, -0.2) is 0 Å². The summed E-state index contributed by atoms with van der Waals surface area (Å²) in [5.41, 5.74) is 0. The van der Waals surface area contributed by atoms with E-state index in [1.807, 2.05) is 0 Å². The van der Waals surface area contributed by atoms with Crippen LogP contribution in [0.4, 0.5) is 0 Å². The molecule has 0 aliphatic heterocycles. The summed E-state index contributed by atoms with van der Waals surface area (Å²) in [6.07, 6.45) is 19.9. The number of carboxylic acids is 1. The maximum Gasteiger partial charge on any atom is 0.0414 e. The van der Waals surface area contributed by atoms with Crippen molar-refractivity contribution in [3.05, 3.63) is 0 Å². The Labute approximate surface area is 180 Å². The van der Waals surface area contributed by atoms with Crippen LogP contribution >= 0.6 is 0 Å². The zero-order chi connectivity index (χ0) is 19.4. The fraction of sp³-hybridized carbons (Fsp3) is 0.944. The van der Waals surface area contributed by atoms with Gasteiger partial charge in [-0.1, -0.05) is 96.8 Å². The molecule has 0 aliphatic carbocycles. The summed E-state index contributed by atoms with van der Waals surface area (Å²) in [6.45, 7) is 2.27. The first-order chi connectivity index (χ1) is 11.8. The van der Waals surface area contributed by atoms with E-state index in [1.54, 1.807) is 0 Å². The first-order valence-electron chi connectivity index (χ1n) is 9.64. The van der Waals surface area contributed by atoms with Crippen molar-refractivity contribution in [1.29, 1.82) is 0 Å². The first kappa shape index (κ1) is 31.0. The molecule has 0 aromatic rings. The van der Waals surface area contributed by atoms with Gasteiger partial charge in [-0.05, 0) is 12.8 Å². The van der Waals surface area contributed by atoms with Crippen LogP contribution in [0.2, 0.25) is 0 Å². The van der Waals surface area contributed by atoms with Crippen molar-refractivity contribution < 1.29 is 27.4 Å². The summed E-state index contributed by atoms with van der Waals surface area (Å²) in [7, 11) is -5.17. The molecule has 0 amide bonds. The maximum atomic E-state index is 10.2. The van der Waals surface area contributed by atoms with Crippen LogP contribution in [0, 0.1) is 0 Å². The van der Waals surface area contributed by atoms with Crippen LogP contribution in [-0.4, -0.2) is 50.8 Å². The topological polar surface area (TPSA) is 120 Å². The van der Waals surface area contributed by atoms with Crippen molar-refractivity contribution in [2.24, 2.45) is 0 Å². The molecule has 0 fully saturated rings. The van der Waals surface area contributed by atoms with Gasteiger partial charge >= 0.3 is 0 Å². The minimum atomic E-state index is -5.17. The number of aliphatic carboxylic acids is 1. The second-order valence-corrected chi connectivity index (χ2v) is 7.30. The molecular weight excluding hydrogens is 551 g/mol. The van der Waals surface area contributed by atoms with Crippen LogP contribution < -0.4 is 5.11 Å². The molecule has 4 radical (unpaired) electrons. The van der Waals surface area contributed by atoms with Crippen LogP contribution in [0.25, 0.3) is 0 Å². The average Bonchev–Trinajstić information content (AvgIpc) is 2.49. The van der Waals surface area contributed by atoms with Crippen molar-refractivity contribution in [3.63, 3.8) is 0 Å². The third kappa shape index (κ3) is 44.1. The Morgan fingerprint density at radius 1 is 0.654 bits per heavy atom. The van der Waals surface area contributed by atoms with Crippen LogP contribution in [0.5, 0.6) is 0 Å². The Hall–Kier alpha value is 0.262. The summed E-state index contributed by atoms with van der Waals surface area (Å²) in [6, 6.07) is 0. The zero-order valence-electron chi connectivity index (χ0n) is 16.2. The minimum Gasteiger partial charge on any atom is -0.759 e. The van der Waals surface area contributed by atoms with Gasteiger partial charge in [0.1, 0.15) is 0 Å². The van der Waals surface area contributed by atoms with Crippen molar-refractivity contribution in [2.75, 3.05) is 0 Å². The molecule has 0 N–H and O–H groups in total. The summed E-state index contributed by atoms with van der Waals surface area (Å²) < 4.78 is 34.1. The van der Waals surface area contributed by atoms with E-state index in [2.05, 4.69) is 6.92 Å². The van der Waals surface area contributed by atoms with Gasteiger partial charge in [0.05, 0.1) is 0 Å². The van der Waals surface area contributed by atoms with E-state index in [0.717, 1.165) is 12.8 Å². The van der Waals surface area contributed by atoms with Gasteiger partial charge in [0, 0.05) is 43.7 Å². The van der Waals surface area contributed by atoms with Crippen molar-refractivity contribution in [1.82, 2.24) is 0 Å². The van der Waals surface area contributed by atoms with E-state index in [4.69, 9.17) is 17.5 Å². The molecule has 0 heterocycles. The molecule has 0 unspecified atom stereocenters. The fourth-order valence-electron chi connectivity index (χ4n) is 2.64. The van der Waals surface area contributed by atoms with Crippen LogP contribution in [-0.2, 0) is 15.2 Å². The number of unbranched alkanes of at least 4 members (excludes halogenated alkanes) is 14. The van der Waals surface area contributed by atoms with E-state index in [0.29, 0.717) is 0 Å². The smallest absolute Gasteiger partial charge is 0.0414 e. The van der Waals surface area contributed by atoms with Gasteiger partial charge in [0.25, 0.3) is 0 Å². The molecule has 26 heavy (non-hydrogen) atoms. The van der Waals surface area contributed by atoms with E-state index >= 15 is 0 Å². The second-order valence-electron chi connectivity index (χ2n) is 6.48. The van der Waals surface area contributed by atoms with Gasteiger partial charge < -0.3 is 19.0 Å². The summed E-state index contributed by atoms with van der Waals surface area (Å²) in [5.74, 6) is -0.903. The van der Waals surface area contributed by atoms with Gasteiger partial charge in [-0.15, -0.1) is 0 Å². The molecule has 0 aliphatic rings.